The molecule has 3 rings (SSSR count). The van der Waals surface area contributed by atoms with E-state index in [1.165, 1.54) is 5.56 Å². The van der Waals surface area contributed by atoms with Crippen LogP contribution >= 0.6 is 40.7 Å². The van der Waals surface area contributed by atoms with Crippen molar-refractivity contribution in [2.24, 2.45) is 11.7 Å². The standard InChI is InChI=1S/C18H26BrN3O.2ClH/c1-13(14-2-5-16(19)6-3-14)21-8-10-22(11-9-21)18(23)15-4-7-17(20)12-15;;/h2-3,5-6,13,15,17H,4,7-12,20H2,1H3;2*1H. The highest BCUT2D eigenvalue weighted by Gasteiger charge is 2.33. The summed E-state index contributed by atoms with van der Waals surface area (Å²) >= 11 is 3.48. The van der Waals surface area contributed by atoms with E-state index in [0.717, 1.165) is 49.9 Å². The van der Waals surface area contributed by atoms with Gasteiger partial charge in [0.1, 0.15) is 0 Å². The number of nitrogens with two attached hydrogens (primary N) is 1. The second-order valence-electron chi connectivity index (χ2n) is 6.86. The quantitative estimate of drug-likeness (QED) is 0.761. The molecule has 1 saturated heterocycles. The van der Waals surface area contributed by atoms with E-state index < -0.39 is 0 Å². The molecule has 1 heterocycles. The van der Waals surface area contributed by atoms with E-state index in [9.17, 15) is 4.79 Å². The summed E-state index contributed by atoms with van der Waals surface area (Å²) < 4.78 is 1.11. The Morgan fingerprint density at radius 2 is 1.72 bits per heavy atom. The molecule has 25 heavy (non-hydrogen) atoms. The Bertz CT molecular complexity index is 550. The molecule has 1 aromatic rings. The third kappa shape index (κ3) is 5.57. The normalized spacial score (nSPS) is 25.0. The minimum absolute atomic E-state index is 0. The summed E-state index contributed by atoms with van der Waals surface area (Å²) in [5, 5.41) is 0. The van der Waals surface area contributed by atoms with Gasteiger partial charge in [0, 0.05) is 48.7 Å². The van der Waals surface area contributed by atoms with Crippen LogP contribution in [0.2, 0.25) is 0 Å². The Balaban J connectivity index is 0.00000156. The van der Waals surface area contributed by atoms with Crippen LogP contribution in [0.3, 0.4) is 0 Å². The predicted octanol–water partition coefficient (Wildman–Crippen LogP) is 3.63. The van der Waals surface area contributed by atoms with Gasteiger partial charge in [-0.25, -0.2) is 0 Å². The number of rotatable bonds is 3. The number of piperazine rings is 1. The number of carbonyl (C=O) groups excluding carboxylic acids is 1. The first-order valence-electron chi connectivity index (χ1n) is 8.58. The largest absolute Gasteiger partial charge is 0.340 e. The molecule has 0 spiro atoms. The summed E-state index contributed by atoms with van der Waals surface area (Å²) in [6.07, 6.45) is 2.83. The van der Waals surface area contributed by atoms with Crippen LogP contribution in [-0.2, 0) is 4.79 Å². The highest BCUT2D eigenvalue weighted by Crippen LogP contribution is 2.28. The minimum Gasteiger partial charge on any atom is -0.340 e. The third-order valence-corrected chi connectivity index (χ3v) is 5.88. The number of nitrogens with zero attached hydrogens (tertiary/aromatic N) is 2. The first kappa shape index (κ1) is 22.7. The van der Waals surface area contributed by atoms with Crippen molar-refractivity contribution >= 4 is 46.7 Å². The van der Waals surface area contributed by atoms with Crippen molar-refractivity contribution in [1.82, 2.24) is 9.80 Å². The fourth-order valence-electron chi connectivity index (χ4n) is 3.78. The van der Waals surface area contributed by atoms with Gasteiger partial charge in [-0.1, -0.05) is 28.1 Å². The first-order valence-corrected chi connectivity index (χ1v) is 9.38. The Labute approximate surface area is 171 Å². The average Bonchev–Trinajstić information content (AvgIpc) is 3.01. The van der Waals surface area contributed by atoms with Crippen molar-refractivity contribution < 1.29 is 4.79 Å². The van der Waals surface area contributed by atoms with Crippen molar-refractivity contribution in [2.45, 2.75) is 38.3 Å². The smallest absolute Gasteiger partial charge is 0.225 e. The van der Waals surface area contributed by atoms with Crippen LogP contribution in [0.4, 0.5) is 0 Å². The number of halogens is 3. The Morgan fingerprint density at radius 1 is 1.12 bits per heavy atom. The van der Waals surface area contributed by atoms with Gasteiger partial charge in [-0.15, -0.1) is 24.8 Å². The molecule has 0 bridgehead atoms. The van der Waals surface area contributed by atoms with E-state index in [4.69, 9.17) is 5.73 Å². The van der Waals surface area contributed by atoms with Crippen molar-refractivity contribution in [3.05, 3.63) is 34.3 Å². The zero-order chi connectivity index (χ0) is 16.4. The molecule has 1 aliphatic carbocycles. The van der Waals surface area contributed by atoms with Gasteiger partial charge in [0.15, 0.2) is 0 Å². The van der Waals surface area contributed by atoms with Crippen molar-refractivity contribution in [2.75, 3.05) is 26.2 Å². The van der Waals surface area contributed by atoms with Crippen LogP contribution in [0.15, 0.2) is 28.7 Å². The summed E-state index contributed by atoms with van der Waals surface area (Å²) in [6, 6.07) is 9.14. The summed E-state index contributed by atoms with van der Waals surface area (Å²) in [4.78, 5) is 17.1. The van der Waals surface area contributed by atoms with Crippen LogP contribution in [-0.4, -0.2) is 47.9 Å². The van der Waals surface area contributed by atoms with Crippen LogP contribution in [0.25, 0.3) is 0 Å². The molecule has 7 heteroatoms. The van der Waals surface area contributed by atoms with Gasteiger partial charge < -0.3 is 10.6 Å². The predicted molar refractivity (Wildman–Crippen MR) is 111 cm³/mol. The number of hydrogen-bond donors (Lipinski definition) is 1. The molecule has 0 aromatic heterocycles. The Morgan fingerprint density at radius 3 is 2.24 bits per heavy atom. The number of amides is 1. The van der Waals surface area contributed by atoms with Gasteiger partial charge in [-0.2, -0.15) is 0 Å². The van der Waals surface area contributed by atoms with Gasteiger partial charge in [0.25, 0.3) is 0 Å². The number of hydrogen-bond acceptors (Lipinski definition) is 3. The van der Waals surface area contributed by atoms with Crippen LogP contribution in [0, 0.1) is 5.92 Å². The van der Waals surface area contributed by atoms with Gasteiger partial charge in [0.05, 0.1) is 0 Å². The monoisotopic (exact) mass is 451 g/mol. The van der Waals surface area contributed by atoms with Crippen molar-refractivity contribution in [3.63, 3.8) is 0 Å². The molecule has 3 atom stereocenters. The highest BCUT2D eigenvalue weighted by molar-refractivity contribution is 9.10. The fourth-order valence-corrected chi connectivity index (χ4v) is 4.04. The summed E-state index contributed by atoms with van der Waals surface area (Å²) in [5.41, 5.74) is 7.28. The molecule has 1 amide bonds. The molecular weight excluding hydrogens is 425 g/mol. The molecule has 4 nitrogen and oxygen atoms in total. The summed E-state index contributed by atoms with van der Waals surface area (Å²) in [7, 11) is 0. The van der Waals surface area contributed by atoms with E-state index in [2.05, 4.69) is 52.0 Å². The van der Waals surface area contributed by atoms with E-state index in [1.807, 2.05) is 4.90 Å². The Kier molecular flexibility index (Phi) is 9.19. The lowest BCUT2D eigenvalue weighted by Gasteiger charge is -2.39. The molecule has 1 aliphatic heterocycles. The molecule has 142 valence electrons. The summed E-state index contributed by atoms with van der Waals surface area (Å²) in [6.45, 7) is 5.82. The minimum atomic E-state index is 0. The third-order valence-electron chi connectivity index (χ3n) is 5.35. The zero-order valence-electron chi connectivity index (χ0n) is 14.6. The van der Waals surface area contributed by atoms with Crippen molar-refractivity contribution in [1.29, 1.82) is 0 Å². The maximum Gasteiger partial charge on any atom is 0.225 e. The second-order valence-corrected chi connectivity index (χ2v) is 7.77. The maximum absolute atomic E-state index is 12.6. The number of carbonyl (C=O) groups is 1. The molecule has 1 saturated carbocycles. The fraction of sp³-hybridized carbons (Fsp3) is 0.611. The first-order chi connectivity index (χ1) is 11.0. The molecule has 2 aliphatic rings. The molecule has 3 unspecified atom stereocenters. The molecule has 2 fully saturated rings. The lowest BCUT2D eigenvalue weighted by molar-refractivity contribution is -0.137. The van der Waals surface area contributed by atoms with E-state index in [-0.39, 0.29) is 36.8 Å². The molecule has 2 N–H and O–H groups in total. The molecule has 0 radical (unpaired) electrons. The second kappa shape index (κ2) is 10.1. The SMILES string of the molecule is CC(c1ccc(Br)cc1)N1CCN(C(=O)C2CCC(N)C2)CC1.Cl.Cl. The molecular formula is C18H28BrCl2N3O. The lowest BCUT2D eigenvalue weighted by atomic mass is 10.0. The average molecular weight is 453 g/mol. The van der Waals surface area contributed by atoms with Crippen LogP contribution in [0.5, 0.6) is 0 Å². The van der Waals surface area contributed by atoms with Gasteiger partial charge in [-0.05, 0) is 43.9 Å². The zero-order valence-corrected chi connectivity index (χ0v) is 17.8. The maximum atomic E-state index is 12.6. The highest BCUT2D eigenvalue weighted by atomic mass is 79.9. The lowest BCUT2D eigenvalue weighted by Crippen LogP contribution is -2.50. The Hall–Kier alpha value is -0.330. The van der Waals surface area contributed by atoms with E-state index >= 15 is 0 Å². The summed E-state index contributed by atoms with van der Waals surface area (Å²) in [5.74, 6) is 0.495. The van der Waals surface area contributed by atoms with Crippen LogP contribution in [0.1, 0.15) is 37.8 Å². The van der Waals surface area contributed by atoms with Crippen molar-refractivity contribution in [3.8, 4) is 0 Å². The number of benzene rings is 1. The van der Waals surface area contributed by atoms with Gasteiger partial charge >= 0.3 is 0 Å². The van der Waals surface area contributed by atoms with E-state index in [0.29, 0.717) is 11.9 Å². The van der Waals surface area contributed by atoms with Gasteiger partial charge in [-0.3, -0.25) is 9.69 Å². The molecule has 1 aromatic carbocycles. The van der Waals surface area contributed by atoms with E-state index in [1.54, 1.807) is 0 Å². The topological polar surface area (TPSA) is 49.6 Å². The van der Waals surface area contributed by atoms with Gasteiger partial charge in [0.2, 0.25) is 5.91 Å². The van der Waals surface area contributed by atoms with Crippen LogP contribution < -0.4 is 5.73 Å².